The molecule has 7 heavy (non-hydrogen) atoms. The summed E-state index contributed by atoms with van der Waals surface area (Å²) in [5.74, 6) is -0.711. The van der Waals surface area contributed by atoms with Crippen molar-refractivity contribution in [1.82, 2.24) is 0 Å². The van der Waals surface area contributed by atoms with E-state index in [2.05, 4.69) is 0 Å². The molecule has 0 aliphatic rings. The maximum absolute atomic E-state index is 9.60. The predicted octanol–water partition coefficient (Wildman–Crippen LogP) is -2.01. The molecule has 1 N–H and O–H groups in total. The van der Waals surface area contributed by atoms with E-state index in [1.807, 2.05) is 6.92 Å². The number of carboxylic acids is 1. The third-order valence-electron chi connectivity index (χ3n) is 0.464. The van der Waals surface area contributed by atoms with Crippen molar-refractivity contribution in [2.45, 2.75) is 19.8 Å². The summed E-state index contributed by atoms with van der Waals surface area (Å²) >= 11 is 0. The van der Waals surface area contributed by atoms with Crippen LogP contribution in [-0.2, 0) is 4.79 Å². The van der Waals surface area contributed by atoms with Crippen LogP contribution in [0.5, 0.6) is 0 Å². The summed E-state index contributed by atoms with van der Waals surface area (Å²) < 4.78 is 0. The Hall–Kier alpha value is 0.0674. The topological polar surface area (TPSA) is 37.3 Å². The van der Waals surface area contributed by atoms with E-state index in [0.29, 0.717) is 6.42 Å². The first-order valence-electron chi connectivity index (χ1n) is 1.99. The molecule has 0 saturated heterocycles. The summed E-state index contributed by atoms with van der Waals surface area (Å²) in [5, 5.41) is 7.91. The Morgan fingerprint density at radius 3 is 2.29 bits per heavy atom. The van der Waals surface area contributed by atoms with E-state index in [1.165, 1.54) is 0 Å². The Balaban J connectivity index is -0.000000125. The molecule has 0 saturated carbocycles. The van der Waals surface area contributed by atoms with E-state index < -0.39 is 5.97 Å². The standard InChI is InChI=1S/C4H8O2.Li.H/c1-2-3-4(5)6;;/h2-3H2,1H3,(H,5,6);;/q;+1;-1. The Morgan fingerprint density at radius 2 is 2.29 bits per heavy atom. The third kappa shape index (κ3) is 10.7. The zero-order valence-corrected chi connectivity index (χ0v) is 4.77. The third-order valence-corrected chi connectivity index (χ3v) is 0.464. The van der Waals surface area contributed by atoms with Crippen molar-refractivity contribution in [2.75, 3.05) is 0 Å². The van der Waals surface area contributed by atoms with Gasteiger partial charge in [-0.05, 0) is 6.42 Å². The van der Waals surface area contributed by atoms with E-state index in [9.17, 15) is 4.79 Å². The number of hydrogen-bond donors (Lipinski definition) is 1. The van der Waals surface area contributed by atoms with E-state index in [4.69, 9.17) is 5.11 Å². The Kier molecular flexibility index (Phi) is 8.78. The number of carbonyl (C=O) groups is 1. The normalized spacial score (nSPS) is 7.00. The van der Waals surface area contributed by atoms with Crippen LogP contribution in [0.15, 0.2) is 0 Å². The predicted molar refractivity (Wildman–Crippen MR) is 23.7 cm³/mol. The van der Waals surface area contributed by atoms with Crippen LogP contribution in [0.3, 0.4) is 0 Å². The Morgan fingerprint density at radius 1 is 1.86 bits per heavy atom. The van der Waals surface area contributed by atoms with Gasteiger partial charge in [0.2, 0.25) is 0 Å². The molecule has 0 heterocycles. The van der Waals surface area contributed by atoms with Crippen molar-refractivity contribution in [3.63, 3.8) is 0 Å². The van der Waals surface area contributed by atoms with Crippen molar-refractivity contribution in [2.24, 2.45) is 0 Å². The van der Waals surface area contributed by atoms with E-state index in [-0.39, 0.29) is 20.3 Å². The van der Waals surface area contributed by atoms with Gasteiger partial charge < -0.3 is 6.53 Å². The van der Waals surface area contributed by atoms with Crippen LogP contribution < -0.4 is 18.9 Å². The van der Waals surface area contributed by atoms with Gasteiger partial charge in [-0.25, -0.2) is 0 Å². The fraction of sp³-hybridized carbons (Fsp3) is 0.750. The molecule has 0 aliphatic carbocycles. The summed E-state index contributed by atoms with van der Waals surface area (Å²) in [6.45, 7) is 1.84. The monoisotopic (exact) mass is 96.1 g/mol. The minimum absolute atomic E-state index is 0. The van der Waals surface area contributed by atoms with Crippen LogP contribution in [0, 0.1) is 0 Å². The average Bonchev–Trinajstić information content (AvgIpc) is 1.35. The molecular weight excluding hydrogens is 87.0 g/mol. The maximum Gasteiger partial charge on any atom is 1.00 e. The molecule has 0 rings (SSSR count). The van der Waals surface area contributed by atoms with Crippen LogP contribution in [0.1, 0.15) is 21.2 Å². The zero-order valence-electron chi connectivity index (χ0n) is 5.77. The molecule has 0 aromatic carbocycles. The van der Waals surface area contributed by atoms with Crippen molar-refractivity contribution < 1.29 is 30.2 Å². The summed E-state index contributed by atoms with van der Waals surface area (Å²) in [5.41, 5.74) is 0. The summed E-state index contributed by atoms with van der Waals surface area (Å²) in [6.07, 6.45) is 1.02. The number of carboxylic acid groups (broad SMARTS) is 1. The SMILES string of the molecule is CCCC(=O)O.[H-].[Li+]. The zero-order chi connectivity index (χ0) is 4.99. The van der Waals surface area contributed by atoms with E-state index in [1.54, 1.807) is 0 Å². The quantitative estimate of drug-likeness (QED) is 0.403. The van der Waals surface area contributed by atoms with Crippen molar-refractivity contribution in [1.29, 1.82) is 0 Å². The molecule has 3 heteroatoms. The molecule has 0 fully saturated rings. The molecule has 38 valence electrons. The van der Waals surface area contributed by atoms with Gasteiger partial charge in [0.05, 0.1) is 0 Å². The van der Waals surface area contributed by atoms with Crippen molar-refractivity contribution in [3.05, 3.63) is 0 Å². The van der Waals surface area contributed by atoms with Gasteiger partial charge in [0.1, 0.15) is 0 Å². The fourth-order valence-corrected chi connectivity index (χ4v) is 0.214. The van der Waals surface area contributed by atoms with Gasteiger partial charge in [-0.15, -0.1) is 0 Å². The fourth-order valence-electron chi connectivity index (χ4n) is 0.214. The van der Waals surface area contributed by atoms with E-state index in [0.717, 1.165) is 6.42 Å². The van der Waals surface area contributed by atoms with Crippen LogP contribution in [0.4, 0.5) is 0 Å². The molecule has 2 nitrogen and oxygen atoms in total. The van der Waals surface area contributed by atoms with Gasteiger partial charge >= 0.3 is 24.8 Å². The van der Waals surface area contributed by atoms with Crippen LogP contribution in [0.2, 0.25) is 0 Å². The summed E-state index contributed by atoms with van der Waals surface area (Å²) in [6, 6.07) is 0. The Labute approximate surface area is 56.6 Å². The average molecular weight is 96.1 g/mol. The minimum Gasteiger partial charge on any atom is -1.00 e. The van der Waals surface area contributed by atoms with E-state index >= 15 is 0 Å². The molecule has 0 bridgehead atoms. The first kappa shape index (κ1) is 10.1. The summed E-state index contributed by atoms with van der Waals surface area (Å²) in [7, 11) is 0. The van der Waals surface area contributed by atoms with Crippen molar-refractivity contribution >= 4 is 5.97 Å². The van der Waals surface area contributed by atoms with Gasteiger partial charge in [0.25, 0.3) is 0 Å². The molecule has 0 aliphatic heterocycles. The smallest absolute Gasteiger partial charge is 1.00 e. The van der Waals surface area contributed by atoms with Gasteiger partial charge in [-0.1, -0.05) is 6.92 Å². The number of rotatable bonds is 2. The van der Waals surface area contributed by atoms with Gasteiger partial charge in [0, 0.05) is 6.42 Å². The van der Waals surface area contributed by atoms with Crippen LogP contribution in [0.25, 0.3) is 0 Å². The first-order valence-corrected chi connectivity index (χ1v) is 1.99. The second kappa shape index (κ2) is 6.07. The molecular formula is C4H9LiO2. The second-order valence-corrected chi connectivity index (χ2v) is 1.14. The number of aliphatic carboxylic acids is 1. The van der Waals surface area contributed by atoms with Gasteiger partial charge in [-0.3, -0.25) is 4.79 Å². The summed E-state index contributed by atoms with van der Waals surface area (Å²) in [4.78, 5) is 9.60. The molecule has 0 radical (unpaired) electrons. The molecule has 0 aromatic heterocycles. The van der Waals surface area contributed by atoms with Gasteiger partial charge in [0.15, 0.2) is 0 Å². The van der Waals surface area contributed by atoms with Crippen LogP contribution in [-0.4, -0.2) is 11.1 Å². The largest absolute Gasteiger partial charge is 1.00 e. The maximum atomic E-state index is 9.60. The first-order chi connectivity index (χ1) is 2.77. The Bertz CT molecular complexity index is 58.0. The molecule has 0 atom stereocenters. The molecule has 0 amide bonds. The molecule has 0 spiro atoms. The van der Waals surface area contributed by atoms with Crippen molar-refractivity contribution in [3.8, 4) is 0 Å². The molecule has 0 aromatic rings. The molecule has 0 unspecified atom stereocenters. The second-order valence-electron chi connectivity index (χ2n) is 1.14. The van der Waals surface area contributed by atoms with Crippen LogP contribution >= 0.6 is 0 Å². The van der Waals surface area contributed by atoms with Gasteiger partial charge in [-0.2, -0.15) is 0 Å². The number of hydrogen-bond acceptors (Lipinski definition) is 1. The minimum atomic E-state index is -0.711.